The first kappa shape index (κ1) is 11.6. The number of nitrogens with two attached hydrogens (primary N) is 1. The molecule has 15 heavy (non-hydrogen) atoms. The highest BCUT2D eigenvalue weighted by Crippen LogP contribution is 2.21. The lowest BCUT2D eigenvalue weighted by atomic mass is 10.1. The van der Waals surface area contributed by atoms with E-state index in [9.17, 15) is 0 Å². The lowest BCUT2D eigenvalue weighted by molar-refractivity contribution is 0.325. The maximum Gasteiger partial charge on any atom is 0.122 e. The number of terminal acetylenes is 1. The van der Waals surface area contributed by atoms with Crippen LogP contribution >= 0.6 is 0 Å². The van der Waals surface area contributed by atoms with Crippen LogP contribution in [0.15, 0.2) is 18.2 Å². The Morgan fingerprint density at radius 2 is 2.27 bits per heavy atom. The predicted molar refractivity (Wildman–Crippen MR) is 62.7 cm³/mol. The molecule has 80 valence electrons. The molecule has 0 radical (unpaired) electrons. The molecule has 1 aromatic rings. The van der Waals surface area contributed by atoms with E-state index in [2.05, 4.69) is 12.0 Å². The Labute approximate surface area is 91.4 Å². The highest BCUT2D eigenvalue weighted by Gasteiger charge is 2.03. The van der Waals surface area contributed by atoms with E-state index in [0.717, 1.165) is 16.9 Å². The number of aryl methyl sites for hydroxylation is 1. The summed E-state index contributed by atoms with van der Waals surface area (Å²) in [6, 6.07) is 6.05. The Balaban J connectivity index is 2.71. The van der Waals surface area contributed by atoms with Gasteiger partial charge in [0.1, 0.15) is 5.75 Å². The molecule has 1 atom stereocenters. The second-order valence-electron chi connectivity index (χ2n) is 3.62. The number of hydrogen-bond acceptors (Lipinski definition) is 2. The van der Waals surface area contributed by atoms with Gasteiger partial charge in [-0.15, -0.1) is 12.3 Å². The summed E-state index contributed by atoms with van der Waals surface area (Å²) in [6.45, 7) is 4.54. The van der Waals surface area contributed by atoms with Gasteiger partial charge in [0.05, 0.1) is 6.61 Å². The smallest absolute Gasteiger partial charge is 0.122 e. The van der Waals surface area contributed by atoms with E-state index in [1.165, 1.54) is 0 Å². The average molecular weight is 203 g/mol. The summed E-state index contributed by atoms with van der Waals surface area (Å²) >= 11 is 0. The first-order valence-electron chi connectivity index (χ1n) is 5.07. The van der Waals surface area contributed by atoms with Gasteiger partial charge in [0, 0.05) is 12.5 Å². The molecule has 0 aromatic heterocycles. The van der Waals surface area contributed by atoms with Crippen LogP contribution in [0.3, 0.4) is 0 Å². The standard InChI is InChI=1S/C13H17NO/c1-4-5-8-15-13-7-6-12(11(3)14)9-10(13)2/h1,6-7,9,11H,5,8,14H2,2-3H3/t11-/m1/s1. The van der Waals surface area contributed by atoms with Crippen LogP contribution in [0.1, 0.15) is 30.5 Å². The molecule has 1 aromatic carbocycles. The third kappa shape index (κ3) is 3.30. The van der Waals surface area contributed by atoms with Crippen LogP contribution in [0.2, 0.25) is 0 Å². The fourth-order valence-electron chi connectivity index (χ4n) is 1.34. The molecule has 0 spiro atoms. The highest BCUT2D eigenvalue weighted by atomic mass is 16.5. The maximum atomic E-state index is 5.79. The van der Waals surface area contributed by atoms with Crippen molar-refractivity contribution in [3.8, 4) is 18.1 Å². The summed E-state index contributed by atoms with van der Waals surface area (Å²) in [5.41, 5.74) is 8.01. The van der Waals surface area contributed by atoms with Crippen LogP contribution in [0.25, 0.3) is 0 Å². The SMILES string of the molecule is C#CCCOc1ccc([C@@H](C)N)cc1C. The zero-order chi connectivity index (χ0) is 11.3. The first-order valence-corrected chi connectivity index (χ1v) is 5.07. The van der Waals surface area contributed by atoms with E-state index < -0.39 is 0 Å². The van der Waals surface area contributed by atoms with E-state index in [-0.39, 0.29) is 6.04 Å². The second-order valence-corrected chi connectivity index (χ2v) is 3.62. The summed E-state index contributed by atoms with van der Waals surface area (Å²) < 4.78 is 5.53. The van der Waals surface area contributed by atoms with Gasteiger partial charge < -0.3 is 10.5 Å². The average Bonchev–Trinajstić information content (AvgIpc) is 2.20. The van der Waals surface area contributed by atoms with Gasteiger partial charge in [-0.3, -0.25) is 0 Å². The van der Waals surface area contributed by atoms with Crippen LogP contribution in [0, 0.1) is 19.3 Å². The molecule has 2 nitrogen and oxygen atoms in total. The molecule has 0 amide bonds. The Hall–Kier alpha value is -1.46. The topological polar surface area (TPSA) is 35.2 Å². The predicted octanol–water partition coefficient (Wildman–Crippen LogP) is 2.42. The van der Waals surface area contributed by atoms with Crippen molar-refractivity contribution in [1.82, 2.24) is 0 Å². The zero-order valence-corrected chi connectivity index (χ0v) is 9.29. The quantitative estimate of drug-likeness (QED) is 0.602. The number of ether oxygens (including phenoxy) is 1. The Bertz CT molecular complexity index is 363. The molecular weight excluding hydrogens is 186 g/mol. The molecule has 2 heteroatoms. The number of benzene rings is 1. The van der Waals surface area contributed by atoms with E-state index >= 15 is 0 Å². The van der Waals surface area contributed by atoms with Gasteiger partial charge in [0.15, 0.2) is 0 Å². The third-order valence-corrected chi connectivity index (χ3v) is 2.23. The summed E-state index contributed by atoms with van der Waals surface area (Å²) in [5, 5.41) is 0. The lowest BCUT2D eigenvalue weighted by Crippen LogP contribution is -2.05. The van der Waals surface area contributed by atoms with Crippen molar-refractivity contribution in [2.24, 2.45) is 5.73 Å². The maximum absolute atomic E-state index is 5.79. The van der Waals surface area contributed by atoms with Crippen LogP contribution in [0.5, 0.6) is 5.75 Å². The summed E-state index contributed by atoms with van der Waals surface area (Å²) in [6.07, 6.45) is 5.78. The van der Waals surface area contributed by atoms with E-state index in [0.29, 0.717) is 13.0 Å². The molecule has 0 aliphatic heterocycles. The van der Waals surface area contributed by atoms with Crippen LogP contribution in [-0.4, -0.2) is 6.61 Å². The fourth-order valence-corrected chi connectivity index (χ4v) is 1.34. The third-order valence-electron chi connectivity index (χ3n) is 2.23. The molecule has 0 bridgehead atoms. The Morgan fingerprint density at radius 3 is 2.80 bits per heavy atom. The Morgan fingerprint density at radius 1 is 1.53 bits per heavy atom. The molecule has 0 saturated heterocycles. The molecule has 0 unspecified atom stereocenters. The van der Waals surface area contributed by atoms with E-state index in [4.69, 9.17) is 16.9 Å². The summed E-state index contributed by atoms with van der Waals surface area (Å²) in [5.74, 6) is 3.43. The molecule has 2 N–H and O–H groups in total. The van der Waals surface area contributed by atoms with Crippen molar-refractivity contribution in [1.29, 1.82) is 0 Å². The van der Waals surface area contributed by atoms with Gasteiger partial charge >= 0.3 is 0 Å². The zero-order valence-electron chi connectivity index (χ0n) is 9.29. The van der Waals surface area contributed by atoms with Crippen molar-refractivity contribution in [3.05, 3.63) is 29.3 Å². The fraction of sp³-hybridized carbons (Fsp3) is 0.385. The van der Waals surface area contributed by atoms with Gasteiger partial charge in [-0.05, 0) is 31.0 Å². The van der Waals surface area contributed by atoms with Crippen molar-refractivity contribution in [3.63, 3.8) is 0 Å². The first-order chi connectivity index (χ1) is 7.15. The van der Waals surface area contributed by atoms with E-state index in [1.807, 2.05) is 26.0 Å². The van der Waals surface area contributed by atoms with Gasteiger partial charge in [0.25, 0.3) is 0 Å². The minimum Gasteiger partial charge on any atom is -0.492 e. The van der Waals surface area contributed by atoms with Gasteiger partial charge in [-0.1, -0.05) is 12.1 Å². The second kappa shape index (κ2) is 5.43. The minimum absolute atomic E-state index is 0.0588. The molecule has 0 aliphatic carbocycles. The van der Waals surface area contributed by atoms with Crippen molar-refractivity contribution < 1.29 is 4.74 Å². The molecule has 1 rings (SSSR count). The molecule has 0 aliphatic rings. The van der Waals surface area contributed by atoms with Crippen molar-refractivity contribution >= 4 is 0 Å². The molecule has 0 fully saturated rings. The van der Waals surface area contributed by atoms with Gasteiger partial charge in [-0.25, -0.2) is 0 Å². The molecule has 0 heterocycles. The van der Waals surface area contributed by atoms with Crippen molar-refractivity contribution in [2.45, 2.75) is 26.3 Å². The number of hydrogen-bond donors (Lipinski definition) is 1. The van der Waals surface area contributed by atoms with Gasteiger partial charge in [-0.2, -0.15) is 0 Å². The Kier molecular flexibility index (Phi) is 4.20. The molecule has 0 saturated carbocycles. The minimum atomic E-state index is 0.0588. The number of rotatable bonds is 4. The van der Waals surface area contributed by atoms with Crippen LogP contribution < -0.4 is 10.5 Å². The summed E-state index contributed by atoms with van der Waals surface area (Å²) in [4.78, 5) is 0. The molecular formula is C13H17NO. The van der Waals surface area contributed by atoms with Crippen LogP contribution in [-0.2, 0) is 0 Å². The van der Waals surface area contributed by atoms with Gasteiger partial charge in [0.2, 0.25) is 0 Å². The monoisotopic (exact) mass is 203 g/mol. The van der Waals surface area contributed by atoms with Crippen LogP contribution in [0.4, 0.5) is 0 Å². The largest absolute Gasteiger partial charge is 0.492 e. The van der Waals surface area contributed by atoms with E-state index in [1.54, 1.807) is 0 Å². The summed E-state index contributed by atoms with van der Waals surface area (Å²) in [7, 11) is 0. The highest BCUT2D eigenvalue weighted by molar-refractivity contribution is 5.37. The lowest BCUT2D eigenvalue weighted by Gasteiger charge is -2.11. The normalized spacial score (nSPS) is 11.9. The van der Waals surface area contributed by atoms with Crippen molar-refractivity contribution in [2.75, 3.05) is 6.61 Å².